The van der Waals surface area contributed by atoms with Gasteiger partial charge in [0.25, 0.3) is 5.56 Å². The van der Waals surface area contributed by atoms with Gasteiger partial charge in [-0.15, -0.1) is 6.58 Å². The Hall–Kier alpha value is -2.84. The Morgan fingerprint density at radius 2 is 2.00 bits per heavy atom. The van der Waals surface area contributed by atoms with E-state index in [-0.39, 0.29) is 24.3 Å². The summed E-state index contributed by atoms with van der Waals surface area (Å²) < 4.78 is 42.2. The van der Waals surface area contributed by atoms with Crippen molar-refractivity contribution in [2.45, 2.75) is 18.4 Å². The molecule has 0 atom stereocenters. The largest absolute Gasteiger partial charge is 0.269 e. The third kappa shape index (κ3) is 3.81. The number of aromatic nitrogens is 2. The zero-order chi connectivity index (χ0) is 19.6. The number of fused-ring (bicyclic) bond motifs is 1. The molecule has 3 aromatic rings. The summed E-state index contributed by atoms with van der Waals surface area (Å²) in [7, 11) is -4.13. The molecule has 6 nitrogen and oxygen atoms in total. The molecule has 27 heavy (non-hydrogen) atoms. The van der Waals surface area contributed by atoms with Gasteiger partial charge >= 0.3 is 0 Å². The molecule has 0 unspecified atom stereocenters. The Morgan fingerprint density at radius 3 is 2.70 bits per heavy atom. The van der Waals surface area contributed by atoms with Gasteiger partial charge in [-0.25, -0.2) is 17.8 Å². The molecule has 3 rings (SSSR count). The lowest BCUT2D eigenvalue weighted by molar-refractivity contribution is 0.429. The second-order valence-corrected chi connectivity index (χ2v) is 7.94. The van der Waals surface area contributed by atoms with Crippen LogP contribution in [-0.2, 0) is 16.6 Å². The standard InChI is InChI=1S/C19H18FN3O3S/c1-3-9-22(27(25,26)17-7-5-4-6-16(17)20)13-15-12-19(24)23-10-8-14(2)11-18(23)21-15/h3-8,10-12H,1,9,13H2,2H3. The summed E-state index contributed by atoms with van der Waals surface area (Å²) in [4.78, 5) is 16.2. The average Bonchev–Trinajstić information content (AvgIpc) is 2.61. The van der Waals surface area contributed by atoms with Crippen LogP contribution in [0.1, 0.15) is 11.3 Å². The molecule has 0 amide bonds. The maximum absolute atomic E-state index is 14.0. The molecule has 0 N–H and O–H groups in total. The van der Waals surface area contributed by atoms with E-state index < -0.39 is 20.7 Å². The van der Waals surface area contributed by atoms with Crippen molar-refractivity contribution in [1.29, 1.82) is 0 Å². The van der Waals surface area contributed by atoms with Gasteiger partial charge < -0.3 is 0 Å². The van der Waals surface area contributed by atoms with Crippen LogP contribution in [-0.4, -0.2) is 28.7 Å². The number of nitrogens with zero attached hydrogens (tertiary/aromatic N) is 3. The Bertz CT molecular complexity index is 1170. The third-order valence-corrected chi connectivity index (χ3v) is 5.85. The number of pyridine rings is 1. The van der Waals surface area contributed by atoms with Gasteiger partial charge in [0, 0.05) is 18.8 Å². The molecule has 1 aromatic carbocycles. The van der Waals surface area contributed by atoms with Crippen LogP contribution in [0.3, 0.4) is 0 Å². The molecule has 8 heteroatoms. The Labute approximate surface area is 156 Å². The predicted octanol–water partition coefficient (Wildman–Crippen LogP) is 2.52. The number of benzene rings is 1. The van der Waals surface area contributed by atoms with E-state index in [4.69, 9.17) is 0 Å². The summed E-state index contributed by atoms with van der Waals surface area (Å²) >= 11 is 0. The number of halogens is 1. The second-order valence-electron chi connectivity index (χ2n) is 6.03. The topological polar surface area (TPSA) is 71.8 Å². The predicted molar refractivity (Wildman–Crippen MR) is 100 cm³/mol. The van der Waals surface area contributed by atoms with Crippen molar-refractivity contribution >= 4 is 15.7 Å². The van der Waals surface area contributed by atoms with Crippen molar-refractivity contribution in [3.05, 3.63) is 88.7 Å². The molecule has 0 saturated carbocycles. The number of aryl methyl sites for hydroxylation is 1. The van der Waals surface area contributed by atoms with Crippen molar-refractivity contribution in [3.63, 3.8) is 0 Å². The lowest BCUT2D eigenvalue weighted by atomic mass is 10.3. The van der Waals surface area contributed by atoms with Crippen molar-refractivity contribution < 1.29 is 12.8 Å². The molecule has 0 fully saturated rings. The summed E-state index contributed by atoms with van der Waals surface area (Å²) in [6.45, 7) is 5.20. The smallest absolute Gasteiger partial charge is 0.258 e. The van der Waals surface area contributed by atoms with E-state index in [1.54, 1.807) is 18.3 Å². The van der Waals surface area contributed by atoms with Gasteiger partial charge in [0.05, 0.1) is 12.2 Å². The minimum absolute atomic E-state index is 0.0501. The highest BCUT2D eigenvalue weighted by Gasteiger charge is 2.27. The molecular weight excluding hydrogens is 369 g/mol. The van der Waals surface area contributed by atoms with Crippen molar-refractivity contribution in [3.8, 4) is 0 Å². The zero-order valence-electron chi connectivity index (χ0n) is 14.7. The van der Waals surface area contributed by atoms with Crippen LogP contribution in [0.15, 0.2) is 71.0 Å². The Morgan fingerprint density at radius 1 is 1.26 bits per heavy atom. The lowest BCUT2D eigenvalue weighted by Crippen LogP contribution is -2.32. The van der Waals surface area contributed by atoms with E-state index in [9.17, 15) is 17.6 Å². The molecule has 2 heterocycles. The maximum Gasteiger partial charge on any atom is 0.258 e. The summed E-state index contributed by atoms with van der Waals surface area (Å²) in [6, 6.07) is 9.94. The quantitative estimate of drug-likeness (QED) is 0.610. The van der Waals surface area contributed by atoms with Crippen LogP contribution >= 0.6 is 0 Å². The van der Waals surface area contributed by atoms with Gasteiger partial charge in [0.2, 0.25) is 10.0 Å². The highest BCUT2D eigenvalue weighted by atomic mass is 32.2. The Kier molecular flexibility index (Phi) is 5.20. The molecule has 140 valence electrons. The zero-order valence-corrected chi connectivity index (χ0v) is 15.5. The molecule has 0 aliphatic carbocycles. The monoisotopic (exact) mass is 387 g/mol. The lowest BCUT2D eigenvalue weighted by Gasteiger charge is -2.20. The first-order valence-electron chi connectivity index (χ1n) is 8.17. The number of hydrogen-bond donors (Lipinski definition) is 0. The van der Waals surface area contributed by atoms with E-state index >= 15 is 0 Å². The first kappa shape index (κ1) is 18.9. The van der Waals surface area contributed by atoms with Gasteiger partial charge in [0.1, 0.15) is 16.4 Å². The fourth-order valence-electron chi connectivity index (χ4n) is 2.70. The van der Waals surface area contributed by atoms with Crippen molar-refractivity contribution in [2.75, 3.05) is 6.54 Å². The van der Waals surface area contributed by atoms with Gasteiger partial charge in [0.15, 0.2) is 0 Å². The van der Waals surface area contributed by atoms with Gasteiger partial charge in [-0.1, -0.05) is 18.2 Å². The maximum atomic E-state index is 14.0. The van der Waals surface area contributed by atoms with Gasteiger partial charge in [-0.3, -0.25) is 9.20 Å². The Balaban J connectivity index is 2.05. The summed E-state index contributed by atoms with van der Waals surface area (Å²) in [5.41, 5.74) is 1.28. The normalized spacial score (nSPS) is 11.8. The van der Waals surface area contributed by atoms with Crippen LogP contribution < -0.4 is 5.56 Å². The van der Waals surface area contributed by atoms with Crippen LogP contribution in [0.25, 0.3) is 5.65 Å². The fraction of sp³-hybridized carbons (Fsp3) is 0.158. The van der Waals surface area contributed by atoms with Crippen LogP contribution in [0.2, 0.25) is 0 Å². The van der Waals surface area contributed by atoms with Crippen LogP contribution in [0.4, 0.5) is 4.39 Å². The molecule has 0 spiro atoms. The van der Waals surface area contributed by atoms with Gasteiger partial charge in [-0.2, -0.15) is 4.31 Å². The van der Waals surface area contributed by atoms with Crippen molar-refractivity contribution in [2.24, 2.45) is 0 Å². The fourth-order valence-corrected chi connectivity index (χ4v) is 4.15. The SMILES string of the molecule is C=CCN(Cc1cc(=O)n2ccc(C)cc2n1)S(=O)(=O)c1ccccc1F. The number of rotatable bonds is 6. The number of sulfonamides is 1. The first-order chi connectivity index (χ1) is 12.8. The summed E-state index contributed by atoms with van der Waals surface area (Å²) in [6.07, 6.45) is 3.01. The van der Waals surface area contributed by atoms with E-state index in [0.29, 0.717) is 5.65 Å². The number of hydrogen-bond acceptors (Lipinski definition) is 4. The molecule has 0 radical (unpaired) electrons. The molecule has 2 aromatic heterocycles. The third-order valence-electron chi connectivity index (χ3n) is 4.00. The van der Waals surface area contributed by atoms with Crippen LogP contribution in [0, 0.1) is 12.7 Å². The van der Waals surface area contributed by atoms with E-state index in [2.05, 4.69) is 11.6 Å². The van der Waals surface area contributed by atoms with E-state index in [0.717, 1.165) is 15.9 Å². The highest BCUT2D eigenvalue weighted by molar-refractivity contribution is 7.89. The van der Waals surface area contributed by atoms with E-state index in [1.165, 1.54) is 34.7 Å². The van der Waals surface area contributed by atoms with Crippen LogP contribution in [0.5, 0.6) is 0 Å². The minimum atomic E-state index is -4.13. The average molecular weight is 387 g/mol. The summed E-state index contributed by atoms with van der Waals surface area (Å²) in [5, 5.41) is 0. The second kappa shape index (κ2) is 7.42. The van der Waals surface area contributed by atoms with Crippen molar-refractivity contribution in [1.82, 2.24) is 13.7 Å². The van der Waals surface area contributed by atoms with Gasteiger partial charge in [-0.05, 0) is 36.8 Å². The first-order valence-corrected chi connectivity index (χ1v) is 9.61. The molecule has 0 aliphatic heterocycles. The minimum Gasteiger partial charge on any atom is -0.269 e. The summed E-state index contributed by atoms with van der Waals surface area (Å²) in [5.74, 6) is -0.839. The molecule has 0 aliphatic rings. The molecule has 0 saturated heterocycles. The molecule has 0 bridgehead atoms. The van der Waals surface area contributed by atoms with E-state index in [1.807, 2.05) is 6.92 Å². The molecular formula is C19H18FN3O3S. The highest BCUT2D eigenvalue weighted by Crippen LogP contribution is 2.20.